The number of rotatable bonds is 9. The molecule has 0 radical (unpaired) electrons. The van der Waals surface area contributed by atoms with Gasteiger partial charge in [-0.1, -0.05) is 42.0 Å². The van der Waals surface area contributed by atoms with E-state index in [0.717, 1.165) is 10.5 Å². The van der Waals surface area contributed by atoms with Crippen molar-refractivity contribution in [2.45, 2.75) is 6.92 Å². The van der Waals surface area contributed by atoms with E-state index in [-0.39, 0.29) is 18.2 Å². The van der Waals surface area contributed by atoms with Crippen LogP contribution in [0.5, 0.6) is 11.5 Å². The molecule has 4 rings (SSSR count). The van der Waals surface area contributed by atoms with Gasteiger partial charge < -0.3 is 25.4 Å². The highest BCUT2D eigenvalue weighted by Gasteiger charge is 2.35. The van der Waals surface area contributed by atoms with Crippen molar-refractivity contribution in [1.82, 2.24) is 10.2 Å². The van der Waals surface area contributed by atoms with E-state index in [9.17, 15) is 19.2 Å². The number of ether oxygens (including phenoxy) is 2. The number of para-hydroxylation sites is 2. The summed E-state index contributed by atoms with van der Waals surface area (Å²) < 4.78 is 10.7. The molecule has 1 heterocycles. The number of imide groups is 1. The quantitative estimate of drug-likeness (QED) is 0.296. The van der Waals surface area contributed by atoms with Crippen LogP contribution in [0.4, 0.5) is 16.2 Å². The maximum absolute atomic E-state index is 12.7. The number of nitrogens with zero attached hydrogens (tertiary/aromatic N) is 1. The summed E-state index contributed by atoms with van der Waals surface area (Å²) in [6, 6.07) is 20.2. The van der Waals surface area contributed by atoms with Crippen molar-refractivity contribution in [3.63, 3.8) is 0 Å². The van der Waals surface area contributed by atoms with Gasteiger partial charge in [0.1, 0.15) is 23.7 Å². The summed E-state index contributed by atoms with van der Waals surface area (Å²) in [5, 5.41) is 7.88. The first kappa shape index (κ1) is 26.0. The maximum atomic E-state index is 12.7. The lowest BCUT2D eigenvalue weighted by Gasteiger charge is -2.13. The fraction of sp³-hybridized carbons (Fsp3) is 0.143. The molecule has 0 aliphatic carbocycles. The highest BCUT2D eigenvalue weighted by Crippen LogP contribution is 2.23. The largest absolute Gasteiger partial charge is 0.495 e. The van der Waals surface area contributed by atoms with Gasteiger partial charge in [0.15, 0.2) is 6.61 Å². The molecule has 0 atom stereocenters. The first-order valence-electron chi connectivity index (χ1n) is 11.7. The zero-order valence-corrected chi connectivity index (χ0v) is 20.8. The van der Waals surface area contributed by atoms with E-state index in [0.29, 0.717) is 28.4 Å². The molecule has 0 bridgehead atoms. The van der Waals surface area contributed by atoms with Gasteiger partial charge in [0.25, 0.3) is 11.8 Å². The van der Waals surface area contributed by atoms with Crippen LogP contribution in [0.25, 0.3) is 6.08 Å². The average Bonchev–Trinajstić information content (AvgIpc) is 3.17. The standard InChI is InChI=1S/C28H26N4O6/c1-18-7-11-20(12-8-18)29-26(34)17-38-21-13-9-19(10-14-21)15-23-27(35)32(28(36)31-23)16-25(33)30-22-5-3-4-6-24(22)37-2/h3-15H,16-17H2,1-2H3,(H,29,34)(H,30,33)(H,31,36)/b23-15+. The van der Waals surface area contributed by atoms with Gasteiger partial charge >= 0.3 is 6.03 Å². The van der Waals surface area contributed by atoms with Crippen molar-refractivity contribution in [2.24, 2.45) is 0 Å². The number of carbonyl (C=O) groups is 4. The van der Waals surface area contributed by atoms with Crippen molar-refractivity contribution in [3.8, 4) is 11.5 Å². The fourth-order valence-corrected chi connectivity index (χ4v) is 3.61. The number of benzene rings is 3. The molecule has 38 heavy (non-hydrogen) atoms. The molecule has 0 saturated carbocycles. The van der Waals surface area contributed by atoms with E-state index in [1.807, 2.05) is 31.2 Å². The van der Waals surface area contributed by atoms with Crippen molar-refractivity contribution >= 4 is 41.2 Å². The van der Waals surface area contributed by atoms with Gasteiger partial charge in [0.2, 0.25) is 5.91 Å². The number of carbonyl (C=O) groups excluding carboxylic acids is 4. The molecule has 1 aliphatic heterocycles. The third-order valence-corrected chi connectivity index (χ3v) is 5.54. The van der Waals surface area contributed by atoms with Gasteiger partial charge in [0, 0.05) is 5.69 Å². The fourth-order valence-electron chi connectivity index (χ4n) is 3.61. The van der Waals surface area contributed by atoms with Crippen molar-refractivity contribution in [1.29, 1.82) is 0 Å². The Hall–Kier alpha value is -5.12. The van der Waals surface area contributed by atoms with E-state index in [1.165, 1.54) is 13.2 Å². The third kappa shape index (κ3) is 6.55. The van der Waals surface area contributed by atoms with Crippen LogP contribution < -0.4 is 25.4 Å². The molecule has 3 N–H and O–H groups in total. The minimum atomic E-state index is -0.698. The zero-order chi connectivity index (χ0) is 27.1. The molecule has 10 nitrogen and oxygen atoms in total. The summed E-state index contributed by atoms with van der Waals surface area (Å²) in [6.45, 7) is 1.33. The molecule has 1 fully saturated rings. The van der Waals surface area contributed by atoms with Crippen LogP contribution in [0, 0.1) is 6.92 Å². The molecular weight excluding hydrogens is 488 g/mol. The molecule has 194 valence electrons. The molecular formula is C28H26N4O6. The Labute approximate surface area is 219 Å². The molecule has 3 aromatic carbocycles. The number of urea groups is 1. The van der Waals surface area contributed by atoms with Crippen molar-refractivity contribution in [3.05, 3.63) is 89.6 Å². The predicted molar refractivity (Wildman–Crippen MR) is 142 cm³/mol. The van der Waals surface area contributed by atoms with E-state index in [4.69, 9.17) is 9.47 Å². The monoisotopic (exact) mass is 514 g/mol. The Morgan fingerprint density at radius 3 is 2.34 bits per heavy atom. The van der Waals surface area contributed by atoms with Crippen LogP contribution in [-0.4, -0.2) is 48.9 Å². The van der Waals surface area contributed by atoms with Crippen LogP contribution in [0.15, 0.2) is 78.5 Å². The van der Waals surface area contributed by atoms with E-state index >= 15 is 0 Å². The summed E-state index contributed by atoms with van der Waals surface area (Å²) in [7, 11) is 1.47. The summed E-state index contributed by atoms with van der Waals surface area (Å²) in [4.78, 5) is 50.5. The lowest BCUT2D eigenvalue weighted by Crippen LogP contribution is -2.38. The van der Waals surface area contributed by atoms with Gasteiger partial charge in [-0.3, -0.25) is 14.4 Å². The van der Waals surface area contributed by atoms with Gasteiger partial charge in [0.05, 0.1) is 12.8 Å². The minimum Gasteiger partial charge on any atom is -0.495 e. The summed E-state index contributed by atoms with van der Waals surface area (Å²) in [5.41, 5.74) is 2.85. The predicted octanol–water partition coefficient (Wildman–Crippen LogP) is 3.55. The SMILES string of the molecule is COc1ccccc1NC(=O)CN1C(=O)N/C(=C/c2ccc(OCC(=O)Nc3ccc(C)cc3)cc2)C1=O. The highest BCUT2D eigenvalue weighted by atomic mass is 16.5. The highest BCUT2D eigenvalue weighted by molar-refractivity contribution is 6.16. The van der Waals surface area contributed by atoms with E-state index < -0.39 is 24.4 Å². The van der Waals surface area contributed by atoms with Crippen LogP contribution in [-0.2, 0) is 14.4 Å². The second kappa shape index (κ2) is 11.7. The molecule has 0 unspecified atom stereocenters. The number of aryl methyl sites for hydroxylation is 1. The van der Waals surface area contributed by atoms with Gasteiger partial charge in [-0.25, -0.2) is 9.69 Å². The topological polar surface area (TPSA) is 126 Å². The molecule has 3 aromatic rings. The molecule has 5 amide bonds. The molecule has 0 aromatic heterocycles. The lowest BCUT2D eigenvalue weighted by molar-refractivity contribution is -0.127. The molecule has 0 spiro atoms. The molecule has 1 saturated heterocycles. The normalized spacial score (nSPS) is 13.7. The van der Waals surface area contributed by atoms with Crippen molar-refractivity contribution in [2.75, 3.05) is 30.9 Å². The number of nitrogens with one attached hydrogen (secondary N) is 3. The third-order valence-electron chi connectivity index (χ3n) is 5.54. The number of methoxy groups -OCH3 is 1. The Balaban J connectivity index is 1.31. The zero-order valence-electron chi connectivity index (χ0n) is 20.8. The Bertz CT molecular complexity index is 1380. The number of hydrogen-bond donors (Lipinski definition) is 3. The summed E-state index contributed by atoms with van der Waals surface area (Å²) >= 11 is 0. The van der Waals surface area contributed by atoms with Crippen molar-refractivity contribution < 1.29 is 28.7 Å². The van der Waals surface area contributed by atoms with Crippen LogP contribution in [0.1, 0.15) is 11.1 Å². The van der Waals surface area contributed by atoms with E-state index in [2.05, 4.69) is 16.0 Å². The number of hydrogen-bond acceptors (Lipinski definition) is 6. The second-order valence-electron chi connectivity index (χ2n) is 8.40. The van der Waals surface area contributed by atoms with Crippen LogP contribution in [0.3, 0.4) is 0 Å². The first-order valence-corrected chi connectivity index (χ1v) is 11.7. The summed E-state index contributed by atoms with van der Waals surface area (Å²) in [6.07, 6.45) is 1.49. The minimum absolute atomic E-state index is 0.0336. The van der Waals surface area contributed by atoms with E-state index in [1.54, 1.807) is 48.5 Å². The maximum Gasteiger partial charge on any atom is 0.329 e. The Morgan fingerprint density at radius 1 is 0.921 bits per heavy atom. The lowest BCUT2D eigenvalue weighted by atomic mass is 10.2. The number of amides is 5. The average molecular weight is 515 g/mol. The summed E-state index contributed by atoms with van der Waals surface area (Å²) in [5.74, 6) is -0.555. The number of anilines is 2. The van der Waals surface area contributed by atoms with Crippen LogP contribution in [0.2, 0.25) is 0 Å². The first-order chi connectivity index (χ1) is 18.3. The molecule has 10 heteroatoms. The van der Waals surface area contributed by atoms with Gasteiger partial charge in [-0.15, -0.1) is 0 Å². The van der Waals surface area contributed by atoms with Gasteiger partial charge in [-0.2, -0.15) is 0 Å². The van der Waals surface area contributed by atoms with Gasteiger partial charge in [-0.05, 0) is 55.0 Å². The Kier molecular flexibility index (Phi) is 8.02. The Morgan fingerprint density at radius 2 is 1.63 bits per heavy atom. The van der Waals surface area contributed by atoms with Crippen LogP contribution >= 0.6 is 0 Å². The smallest absolute Gasteiger partial charge is 0.329 e. The molecule has 1 aliphatic rings. The second-order valence-corrected chi connectivity index (χ2v) is 8.40.